The molecule has 0 unspecified atom stereocenters. The smallest absolute Gasteiger partial charge is 0.328 e. The lowest BCUT2D eigenvalue weighted by Crippen LogP contribution is -2.29. The van der Waals surface area contributed by atoms with E-state index in [1.54, 1.807) is 11.6 Å². The van der Waals surface area contributed by atoms with E-state index in [0.29, 0.717) is 12.5 Å². The Morgan fingerprint density at radius 3 is 2.62 bits per heavy atom. The predicted octanol–water partition coefficient (Wildman–Crippen LogP) is 3.22. The van der Waals surface area contributed by atoms with E-state index in [9.17, 15) is 9.59 Å². The fraction of sp³-hybridized carbons (Fsp3) is 0.636. The van der Waals surface area contributed by atoms with E-state index in [1.165, 1.54) is 7.11 Å². The highest BCUT2D eigenvalue weighted by atomic mass is 16.7. The summed E-state index contributed by atoms with van der Waals surface area (Å²) in [5.41, 5.74) is 1.78. The number of hydrogen-bond donors (Lipinski definition) is 0. The van der Waals surface area contributed by atoms with Crippen molar-refractivity contribution in [3.8, 4) is 5.75 Å². The molecule has 0 bridgehead atoms. The molecule has 1 saturated heterocycles. The Kier molecular flexibility index (Phi) is 5.94. The first-order valence-electron chi connectivity index (χ1n) is 10.6. The van der Waals surface area contributed by atoms with Crippen molar-refractivity contribution in [2.45, 2.75) is 57.8 Å². The van der Waals surface area contributed by atoms with Crippen LogP contribution in [-0.2, 0) is 27.9 Å². The highest BCUT2D eigenvalue weighted by molar-refractivity contribution is 5.78. The van der Waals surface area contributed by atoms with Crippen molar-refractivity contribution in [3.05, 3.63) is 28.7 Å². The van der Waals surface area contributed by atoms with Crippen molar-refractivity contribution >= 4 is 17.0 Å². The highest BCUT2D eigenvalue weighted by Gasteiger charge is 2.28. The zero-order valence-corrected chi connectivity index (χ0v) is 17.3. The monoisotopic (exact) mass is 402 g/mol. The number of carbonyl (C=O) groups is 1. The molecule has 1 aromatic carbocycles. The molecule has 1 aliphatic carbocycles. The number of imidazole rings is 1. The molecule has 2 fully saturated rings. The molecular weight excluding hydrogens is 372 g/mol. The second kappa shape index (κ2) is 8.61. The second-order valence-electron chi connectivity index (χ2n) is 8.26. The van der Waals surface area contributed by atoms with Crippen LogP contribution in [0.3, 0.4) is 0 Å². The molecular formula is C22H30N2O5. The summed E-state index contributed by atoms with van der Waals surface area (Å²) in [6.45, 7) is 1.39. The predicted molar refractivity (Wildman–Crippen MR) is 109 cm³/mol. The summed E-state index contributed by atoms with van der Waals surface area (Å²) < 4.78 is 20.1. The Morgan fingerprint density at radius 1 is 1.14 bits per heavy atom. The number of ether oxygens (including phenoxy) is 3. The minimum atomic E-state index is -0.210. The van der Waals surface area contributed by atoms with Crippen LogP contribution in [0.2, 0.25) is 0 Å². The molecule has 1 saturated carbocycles. The molecule has 1 aromatic heterocycles. The fourth-order valence-electron chi connectivity index (χ4n) is 4.60. The van der Waals surface area contributed by atoms with Crippen molar-refractivity contribution < 1.29 is 19.0 Å². The Hall–Kier alpha value is -2.28. The maximum Gasteiger partial charge on any atom is 0.328 e. The molecule has 29 heavy (non-hydrogen) atoms. The zero-order chi connectivity index (χ0) is 20.4. The average Bonchev–Trinajstić information content (AvgIpc) is 2.99. The molecule has 0 amide bonds. The standard InChI is InChI=1S/C22H30N2O5/c1-23-18-11-10-17(29-20-5-3-4-12-28-20)13-19(18)24(22(23)26)14-15-6-8-16(9-7-15)21(25)27-2/h10-11,13,15-16,20H,3-9,12,14H2,1-2H3/t15?,16?,20-/m0/s1. The van der Waals surface area contributed by atoms with Gasteiger partial charge in [0.25, 0.3) is 0 Å². The highest BCUT2D eigenvalue weighted by Crippen LogP contribution is 2.31. The van der Waals surface area contributed by atoms with Crippen LogP contribution in [0.5, 0.6) is 5.75 Å². The summed E-state index contributed by atoms with van der Waals surface area (Å²) in [5.74, 6) is 0.997. The van der Waals surface area contributed by atoms with Crippen LogP contribution in [0, 0.1) is 11.8 Å². The number of hydrogen-bond acceptors (Lipinski definition) is 5. The number of aromatic nitrogens is 2. The van der Waals surface area contributed by atoms with Crippen molar-refractivity contribution in [1.29, 1.82) is 0 Å². The SMILES string of the molecule is COC(=O)C1CCC(Cn2c(=O)n(C)c3ccc(O[C@H]4CCCCO4)cc32)CC1. The van der Waals surface area contributed by atoms with E-state index in [1.807, 2.05) is 22.8 Å². The lowest BCUT2D eigenvalue weighted by atomic mass is 9.82. The van der Waals surface area contributed by atoms with E-state index in [0.717, 1.165) is 68.3 Å². The Balaban J connectivity index is 1.52. The minimum absolute atomic E-state index is 0.00372. The molecule has 0 N–H and O–H groups in total. The van der Waals surface area contributed by atoms with Gasteiger partial charge in [-0.15, -0.1) is 0 Å². The van der Waals surface area contributed by atoms with Gasteiger partial charge in [0.05, 0.1) is 30.7 Å². The molecule has 0 spiro atoms. The number of aryl methyl sites for hydroxylation is 1. The van der Waals surface area contributed by atoms with Gasteiger partial charge in [0.2, 0.25) is 0 Å². The van der Waals surface area contributed by atoms with E-state index < -0.39 is 0 Å². The third kappa shape index (κ3) is 4.20. The molecule has 2 aromatic rings. The van der Waals surface area contributed by atoms with E-state index in [-0.39, 0.29) is 23.9 Å². The second-order valence-corrected chi connectivity index (χ2v) is 8.26. The van der Waals surface area contributed by atoms with Crippen LogP contribution in [0.4, 0.5) is 0 Å². The molecule has 7 heteroatoms. The summed E-state index contributed by atoms with van der Waals surface area (Å²) in [4.78, 5) is 24.6. The van der Waals surface area contributed by atoms with Gasteiger partial charge in [0.15, 0.2) is 6.29 Å². The normalized spacial score (nSPS) is 25.1. The van der Waals surface area contributed by atoms with Crippen LogP contribution in [0.1, 0.15) is 44.9 Å². The number of benzene rings is 1. The number of esters is 1. The summed E-state index contributed by atoms with van der Waals surface area (Å²) in [5, 5.41) is 0. The van der Waals surface area contributed by atoms with Gasteiger partial charge in [0, 0.05) is 26.1 Å². The minimum Gasteiger partial charge on any atom is -0.469 e. The van der Waals surface area contributed by atoms with Gasteiger partial charge in [-0.05, 0) is 56.6 Å². The summed E-state index contributed by atoms with van der Waals surface area (Å²) in [6.07, 6.45) is 6.37. The van der Waals surface area contributed by atoms with Gasteiger partial charge < -0.3 is 14.2 Å². The van der Waals surface area contributed by atoms with E-state index >= 15 is 0 Å². The van der Waals surface area contributed by atoms with Crippen molar-refractivity contribution in [1.82, 2.24) is 9.13 Å². The van der Waals surface area contributed by atoms with Crippen LogP contribution in [-0.4, -0.2) is 35.1 Å². The molecule has 2 heterocycles. The van der Waals surface area contributed by atoms with Crippen LogP contribution in [0.15, 0.2) is 23.0 Å². The largest absolute Gasteiger partial charge is 0.469 e. The van der Waals surface area contributed by atoms with Gasteiger partial charge >= 0.3 is 11.7 Å². The van der Waals surface area contributed by atoms with Gasteiger partial charge in [-0.3, -0.25) is 13.9 Å². The summed E-state index contributed by atoms with van der Waals surface area (Å²) in [6, 6.07) is 5.81. The van der Waals surface area contributed by atoms with Crippen LogP contribution >= 0.6 is 0 Å². The molecule has 1 atom stereocenters. The summed E-state index contributed by atoms with van der Waals surface area (Å²) in [7, 11) is 3.25. The molecule has 1 aliphatic heterocycles. The third-order valence-corrected chi connectivity index (χ3v) is 6.34. The van der Waals surface area contributed by atoms with E-state index in [4.69, 9.17) is 14.2 Å². The van der Waals surface area contributed by atoms with Gasteiger partial charge in [0.1, 0.15) is 5.75 Å². The maximum atomic E-state index is 12.9. The molecule has 7 nitrogen and oxygen atoms in total. The number of methoxy groups -OCH3 is 1. The summed E-state index contributed by atoms with van der Waals surface area (Å²) >= 11 is 0. The number of carbonyl (C=O) groups excluding carboxylic acids is 1. The first kappa shape index (κ1) is 20.0. The lowest BCUT2D eigenvalue weighted by molar-refractivity contribution is -0.146. The number of rotatable bonds is 5. The lowest BCUT2D eigenvalue weighted by Gasteiger charge is -2.27. The first-order chi connectivity index (χ1) is 14.1. The Labute approximate surface area is 170 Å². The molecule has 4 rings (SSSR count). The van der Waals surface area contributed by atoms with Crippen LogP contribution in [0.25, 0.3) is 11.0 Å². The molecule has 2 aliphatic rings. The fourth-order valence-corrected chi connectivity index (χ4v) is 4.60. The van der Waals surface area contributed by atoms with Crippen LogP contribution < -0.4 is 10.4 Å². The molecule has 0 radical (unpaired) electrons. The van der Waals surface area contributed by atoms with Crippen molar-refractivity contribution in [2.24, 2.45) is 18.9 Å². The average molecular weight is 402 g/mol. The van der Waals surface area contributed by atoms with E-state index in [2.05, 4.69) is 0 Å². The topological polar surface area (TPSA) is 71.7 Å². The third-order valence-electron chi connectivity index (χ3n) is 6.34. The number of nitrogens with zero attached hydrogens (tertiary/aromatic N) is 2. The number of fused-ring (bicyclic) bond motifs is 1. The van der Waals surface area contributed by atoms with Gasteiger partial charge in [-0.25, -0.2) is 4.79 Å². The Morgan fingerprint density at radius 2 is 1.93 bits per heavy atom. The zero-order valence-electron chi connectivity index (χ0n) is 17.3. The first-order valence-corrected chi connectivity index (χ1v) is 10.6. The Bertz CT molecular complexity index is 917. The van der Waals surface area contributed by atoms with Crippen molar-refractivity contribution in [2.75, 3.05) is 13.7 Å². The van der Waals surface area contributed by atoms with Gasteiger partial charge in [-0.2, -0.15) is 0 Å². The quantitative estimate of drug-likeness (QED) is 0.718. The van der Waals surface area contributed by atoms with Crippen molar-refractivity contribution in [3.63, 3.8) is 0 Å². The maximum absolute atomic E-state index is 12.9. The van der Waals surface area contributed by atoms with Gasteiger partial charge in [-0.1, -0.05) is 0 Å². The molecule has 158 valence electrons.